The summed E-state index contributed by atoms with van der Waals surface area (Å²) in [5, 5.41) is 6.35. The second-order valence-corrected chi connectivity index (χ2v) is 8.08. The van der Waals surface area contributed by atoms with Crippen LogP contribution in [0.2, 0.25) is 0 Å². The smallest absolute Gasteiger partial charge is 0.289 e. The predicted molar refractivity (Wildman–Crippen MR) is 113 cm³/mol. The second-order valence-electron chi connectivity index (χ2n) is 7.22. The van der Waals surface area contributed by atoms with Crippen molar-refractivity contribution >= 4 is 39.3 Å². The molecule has 0 aliphatic carbocycles. The largest absolute Gasteiger partial charge is 0.459 e. The number of hydrogen-bond donors (Lipinski definition) is 1. The summed E-state index contributed by atoms with van der Waals surface area (Å²) in [6.07, 6.45) is 2.71. The molecular weight excluding hydrogens is 402 g/mol. The number of aromatic nitrogens is 1. The summed E-state index contributed by atoms with van der Waals surface area (Å²) in [6.45, 7) is 1.06. The highest BCUT2D eigenvalue weighted by molar-refractivity contribution is 7.14. The maximum absolute atomic E-state index is 12.7. The molecule has 7 nitrogen and oxygen atoms in total. The van der Waals surface area contributed by atoms with E-state index in [9.17, 15) is 9.59 Å². The molecule has 1 saturated heterocycles. The monoisotopic (exact) mass is 421 g/mol. The van der Waals surface area contributed by atoms with Crippen LogP contribution in [0.1, 0.15) is 23.4 Å². The van der Waals surface area contributed by atoms with E-state index in [1.165, 1.54) is 17.6 Å². The topological polar surface area (TPSA) is 88.6 Å². The standard InChI is InChI=1S/C22H19N3O4S/c26-20(14-7-9-25(10-8-14)21(27)18-6-3-11-28-18)24-22-23-16(13-30-22)19-12-15-4-1-2-5-17(15)29-19/h1-6,11-14H,7-10H2,(H,23,24,26). The Kier molecular flexibility index (Phi) is 4.84. The summed E-state index contributed by atoms with van der Waals surface area (Å²) < 4.78 is 11.0. The van der Waals surface area contributed by atoms with Crippen LogP contribution in [0.4, 0.5) is 5.13 Å². The predicted octanol–water partition coefficient (Wildman–Crippen LogP) is 4.64. The average Bonchev–Trinajstić information content (AvgIpc) is 3.53. The number of rotatable bonds is 4. The molecule has 1 N–H and O–H groups in total. The van der Waals surface area contributed by atoms with Crippen molar-refractivity contribution in [3.05, 3.63) is 59.9 Å². The minimum Gasteiger partial charge on any atom is -0.459 e. The first-order valence-electron chi connectivity index (χ1n) is 9.75. The Morgan fingerprint density at radius 2 is 1.97 bits per heavy atom. The summed E-state index contributed by atoms with van der Waals surface area (Å²) in [5.74, 6) is 0.667. The second kappa shape index (κ2) is 7.79. The van der Waals surface area contributed by atoms with E-state index in [-0.39, 0.29) is 17.7 Å². The van der Waals surface area contributed by atoms with Crippen molar-refractivity contribution in [2.24, 2.45) is 5.92 Å². The van der Waals surface area contributed by atoms with E-state index in [0.717, 1.165) is 11.0 Å². The van der Waals surface area contributed by atoms with E-state index in [4.69, 9.17) is 8.83 Å². The summed E-state index contributed by atoms with van der Waals surface area (Å²) in [5.41, 5.74) is 1.51. The first kappa shape index (κ1) is 18.6. The number of carbonyl (C=O) groups excluding carboxylic acids is 2. The van der Waals surface area contributed by atoms with Gasteiger partial charge in [-0.2, -0.15) is 0 Å². The van der Waals surface area contributed by atoms with Gasteiger partial charge in [-0.15, -0.1) is 11.3 Å². The van der Waals surface area contributed by atoms with Gasteiger partial charge in [-0.3, -0.25) is 9.59 Å². The van der Waals surface area contributed by atoms with Crippen LogP contribution in [0.3, 0.4) is 0 Å². The fourth-order valence-electron chi connectivity index (χ4n) is 3.66. The highest BCUT2D eigenvalue weighted by Crippen LogP contribution is 2.30. The Hall–Kier alpha value is -3.39. The lowest BCUT2D eigenvalue weighted by molar-refractivity contribution is -0.121. The number of hydrogen-bond acceptors (Lipinski definition) is 6. The number of nitrogens with one attached hydrogen (secondary N) is 1. The van der Waals surface area contributed by atoms with Crippen LogP contribution >= 0.6 is 11.3 Å². The molecule has 0 atom stereocenters. The van der Waals surface area contributed by atoms with Gasteiger partial charge in [0.25, 0.3) is 5.91 Å². The van der Waals surface area contributed by atoms with Gasteiger partial charge in [0.1, 0.15) is 11.3 Å². The zero-order chi connectivity index (χ0) is 20.5. The molecule has 3 aromatic heterocycles. The molecule has 1 aliphatic heterocycles. The number of para-hydroxylation sites is 1. The van der Waals surface area contributed by atoms with E-state index >= 15 is 0 Å². The normalized spacial score (nSPS) is 14.9. The number of likely N-dealkylation sites (tertiary alicyclic amines) is 1. The number of carbonyl (C=O) groups is 2. The third kappa shape index (κ3) is 3.61. The molecule has 4 aromatic rings. The molecule has 30 heavy (non-hydrogen) atoms. The SMILES string of the molecule is O=C(Nc1nc(-c2cc3ccccc3o2)cs1)C1CCN(C(=O)c2ccco2)CC1. The summed E-state index contributed by atoms with van der Waals surface area (Å²) in [4.78, 5) is 31.2. The van der Waals surface area contributed by atoms with Crippen LogP contribution in [0.15, 0.2) is 62.9 Å². The van der Waals surface area contributed by atoms with E-state index in [2.05, 4.69) is 10.3 Å². The third-order valence-electron chi connectivity index (χ3n) is 5.30. The molecule has 0 radical (unpaired) electrons. The van der Waals surface area contributed by atoms with Crippen molar-refractivity contribution in [3.63, 3.8) is 0 Å². The number of amides is 2. The van der Waals surface area contributed by atoms with Crippen molar-refractivity contribution in [2.45, 2.75) is 12.8 Å². The molecule has 0 spiro atoms. The zero-order valence-corrected chi connectivity index (χ0v) is 16.9. The van der Waals surface area contributed by atoms with E-state index < -0.39 is 0 Å². The van der Waals surface area contributed by atoms with Crippen LogP contribution in [0, 0.1) is 5.92 Å². The minimum atomic E-state index is -0.149. The van der Waals surface area contributed by atoms with Gasteiger partial charge in [-0.1, -0.05) is 18.2 Å². The number of anilines is 1. The van der Waals surface area contributed by atoms with Gasteiger partial charge >= 0.3 is 0 Å². The Morgan fingerprint density at radius 3 is 2.73 bits per heavy atom. The molecule has 4 heterocycles. The van der Waals surface area contributed by atoms with E-state index in [0.29, 0.717) is 48.3 Å². The van der Waals surface area contributed by atoms with Crippen LogP contribution in [-0.4, -0.2) is 34.8 Å². The number of piperidine rings is 1. The van der Waals surface area contributed by atoms with Crippen LogP contribution in [-0.2, 0) is 4.79 Å². The molecule has 2 amide bonds. The Bertz CT molecular complexity index is 1150. The summed E-state index contributed by atoms with van der Waals surface area (Å²) in [7, 11) is 0. The molecule has 8 heteroatoms. The van der Waals surface area contributed by atoms with Crippen LogP contribution in [0.5, 0.6) is 0 Å². The van der Waals surface area contributed by atoms with Crippen molar-refractivity contribution in [2.75, 3.05) is 18.4 Å². The maximum Gasteiger partial charge on any atom is 0.289 e. The first-order valence-corrected chi connectivity index (χ1v) is 10.6. The lowest BCUT2D eigenvalue weighted by atomic mass is 9.96. The molecule has 5 rings (SSSR count). The first-order chi connectivity index (χ1) is 14.7. The molecule has 1 aromatic carbocycles. The summed E-state index contributed by atoms with van der Waals surface area (Å²) >= 11 is 1.37. The maximum atomic E-state index is 12.7. The van der Waals surface area contributed by atoms with E-state index in [1.54, 1.807) is 17.0 Å². The highest BCUT2D eigenvalue weighted by atomic mass is 32.1. The molecule has 0 bridgehead atoms. The van der Waals surface area contributed by atoms with Crippen molar-refractivity contribution in [1.29, 1.82) is 0 Å². The van der Waals surface area contributed by atoms with Gasteiger partial charge < -0.3 is 19.1 Å². The third-order valence-corrected chi connectivity index (χ3v) is 6.05. The molecule has 0 unspecified atom stereocenters. The molecule has 0 saturated carbocycles. The zero-order valence-electron chi connectivity index (χ0n) is 16.0. The minimum absolute atomic E-state index is 0.0643. The Labute approximate surface area is 176 Å². The molecule has 1 aliphatic rings. The lowest BCUT2D eigenvalue weighted by Gasteiger charge is -2.30. The quantitative estimate of drug-likeness (QED) is 0.519. The van der Waals surface area contributed by atoms with Gasteiger partial charge in [0, 0.05) is 29.8 Å². The van der Waals surface area contributed by atoms with Gasteiger partial charge in [-0.25, -0.2) is 4.98 Å². The fraction of sp³-hybridized carbons (Fsp3) is 0.227. The van der Waals surface area contributed by atoms with Crippen LogP contribution in [0.25, 0.3) is 22.4 Å². The molecule has 152 valence electrons. The Balaban J connectivity index is 1.20. The Morgan fingerprint density at radius 1 is 1.13 bits per heavy atom. The van der Waals surface area contributed by atoms with Crippen LogP contribution < -0.4 is 5.32 Å². The van der Waals surface area contributed by atoms with Crippen molar-refractivity contribution in [1.82, 2.24) is 9.88 Å². The van der Waals surface area contributed by atoms with Gasteiger partial charge in [0.2, 0.25) is 5.91 Å². The lowest BCUT2D eigenvalue weighted by Crippen LogP contribution is -2.41. The van der Waals surface area contributed by atoms with Gasteiger partial charge in [-0.05, 0) is 37.1 Å². The average molecular weight is 421 g/mol. The molecular formula is C22H19N3O4S. The highest BCUT2D eigenvalue weighted by Gasteiger charge is 2.29. The molecule has 1 fully saturated rings. The number of fused-ring (bicyclic) bond motifs is 1. The fourth-order valence-corrected chi connectivity index (χ4v) is 4.36. The van der Waals surface area contributed by atoms with Crippen molar-refractivity contribution < 1.29 is 18.4 Å². The van der Waals surface area contributed by atoms with E-state index in [1.807, 2.05) is 35.7 Å². The van der Waals surface area contributed by atoms with Gasteiger partial charge in [0.15, 0.2) is 16.7 Å². The number of thiazole rings is 1. The van der Waals surface area contributed by atoms with Crippen molar-refractivity contribution in [3.8, 4) is 11.5 Å². The summed E-state index contributed by atoms with van der Waals surface area (Å²) in [6, 6.07) is 13.1. The number of benzene rings is 1. The number of furan rings is 2. The van der Waals surface area contributed by atoms with Gasteiger partial charge in [0.05, 0.1) is 6.26 Å². The number of nitrogens with zero attached hydrogens (tertiary/aromatic N) is 2.